The third kappa shape index (κ3) is 18.5. The highest BCUT2D eigenvalue weighted by Gasteiger charge is 2.56. The maximum Gasteiger partial charge on any atom is 0.527 e. The van der Waals surface area contributed by atoms with E-state index in [2.05, 4.69) is 45.1 Å². The van der Waals surface area contributed by atoms with Crippen molar-refractivity contribution < 1.29 is 103 Å². The minimum Gasteiger partial charge on any atom is -0.394 e. The molecule has 0 aliphatic carbocycles. The minimum atomic E-state index is -5.32. The normalized spacial score (nSPS) is 17.9. The SMILES string of the molecule is CCCCc1ccc(N2CCOCC2)cc1.CN(C)[C@](OCc1ccccc1)(C(=O)OP(=O)(O)O)[C@@H](O)[C@H](O)[C@H](O)CO.O=C(OP(=O)(O)O)[C@H](O)[C@@H](O)[C@H](O)[C@H](O)CO. The molecule has 1 aliphatic heterocycles. The fourth-order valence-electron chi connectivity index (χ4n) is 5.24. The predicted octanol–water partition coefficient (Wildman–Crippen LogP) is -2.90. The Kier molecular flexibility index (Phi) is 24.3. The van der Waals surface area contributed by atoms with E-state index in [-0.39, 0.29) is 6.61 Å². The molecule has 0 saturated carbocycles. The molecule has 0 unspecified atom stereocenters. The maximum atomic E-state index is 12.5. The Morgan fingerprint density at radius 3 is 1.75 bits per heavy atom. The fraction of sp³-hybridized carbons (Fsp3) is 0.600. The molecule has 3 rings (SSSR count). The monoisotopic (exact) mass is 904 g/mol. The zero-order chi connectivity index (χ0) is 45.8. The third-order valence-corrected chi connectivity index (χ3v) is 9.42. The number of aryl methyl sites for hydroxylation is 1. The topological polar surface area (TPSA) is 375 Å². The van der Waals surface area contributed by atoms with E-state index in [1.165, 1.54) is 44.6 Å². The molecule has 1 heterocycles. The van der Waals surface area contributed by atoms with Crippen LogP contribution in [0.5, 0.6) is 0 Å². The molecule has 0 bridgehead atoms. The summed E-state index contributed by atoms with van der Waals surface area (Å²) in [5.41, 5.74) is 0.728. The van der Waals surface area contributed by atoms with Gasteiger partial charge in [-0.1, -0.05) is 55.8 Å². The zero-order valence-electron chi connectivity index (χ0n) is 33.2. The number of morpholine rings is 1. The van der Waals surface area contributed by atoms with Gasteiger partial charge in [-0.25, -0.2) is 18.7 Å². The number of nitrogens with zero attached hydrogens (tertiary/aromatic N) is 2. The van der Waals surface area contributed by atoms with Crippen molar-refractivity contribution in [3.05, 3.63) is 65.7 Å². The van der Waals surface area contributed by atoms with Crippen LogP contribution in [0.3, 0.4) is 0 Å². The van der Waals surface area contributed by atoms with Crippen molar-refractivity contribution in [1.29, 1.82) is 0 Å². The van der Waals surface area contributed by atoms with E-state index in [0.717, 1.165) is 31.2 Å². The van der Waals surface area contributed by atoms with Crippen LogP contribution in [0, 0.1) is 0 Å². The predicted molar refractivity (Wildman–Crippen MR) is 208 cm³/mol. The Morgan fingerprint density at radius 1 is 0.767 bits per heavy atom. The average Bonchev–Trinajstić information content (AvgIpc) is 3.21. The molecule has 13 N–H and O–H groups in total. The van der Waals surface area contributed by atoms with Crippen LogP contribution in [-0.4, -0.2) is 184 Å². The molecule has 60 heavy (non-hydrogen) atoms. The van der Waals surface area contributed by atoms with Crippen LogP contribution in [0.25, 0.3) is 0 Å². The van der Waals surface area contributed by atoms with Crippen LogP contribution in [0.4, 0.5) is 5.69 Å². The molecule has 0 spiro atoms. The van der Waals surface area contributed by atoms with Crippen molar-refractivity contribution in [1.82, 2.24) is 4.90 Å². The highest BCUT2D eigenvalue weighted by molar-refractivity contribution is 7.47. The number of aliphatic hydroxyl groups excluding tert-OH is 9. The number of rotatable bonds is 20. The summed E-state index contributed by atoms with van der Waals surface area (Å²) in [6.07, 6.45) is -11.1. The first-order chi connectivity index (χ1) is 27.9. The number of hydrogen-bond donors (Lipinski definition) is 13. The second-order valence-electron chi connectivity index (χ2n) is 13.4. The van der Waals surface area contributed by atoms with Gasteiger partial charge in [-0.05, 0) is 50.2 Å². The summed E-state index contributed by atoms with van der Waals surface area (Å²) in [7, 11) is -8.05. The first-order valence-corrected chi connectivity index (χ1v) is 21.3. The highest BCUT2D eigenvalue weighted by Crippen LogP contribution is 2.40. The summed E-state index contributed by atoms with van der Waals surface area (Å²) in [4.78, 5) is 61.1. The molecular formula is C35H58N2O21P2. The molecule has 23 nitrogen and oxygen atoms in total. The van der Waals surface area contributed by atoms with Gasteiger partial charge < -0.3 is 69.4 Å². The largest absolute Gasteiger partial charge is 0.527 e. The number of phosphoric ester groups is 2. The van der Waals surface area contributed by atoms with Gasteiger partial charge in [0.25, 0.3) is 0 Å². The third-order valence-electron chi connectivity index (χ3n) is 8.60. The van der Waals surface area contributed by atoms with Gasteiger partial charge in [-0.15, -0.1) is 0 Å². The summed E-state index contributed by atoms with van der Waals surface area (Å²) >= 11 is 0. The maximum absolute atomic E-state index is 12.5. The molecule has 1 saturated heterocycles. The number of hydrogen-bond acceptors (Lipinski definition) is 19. The summed E-state index contributed by atoms with van der Waals surface area (Å²) in [5, 5.41) is 83.7. The van der Waals surface area contributed by atoms with Gasteiger partial charge >= 0.3 is 27.6 Å². The Hall–Kier alpha value is -3.00. The first kappa shape index (κ1) is 55.0. The lowest BCUT2D eigenvalue weighted by Gasteiger charge is -2.42. The standard InChI is InChI=1S/C15H24NO10P.C14H21NO.C6H13O10P/c1-16(2)15(14(21)26-27(22,23)24,13(20)12(19)11(18)8-17)25-9-10-6-4-3-5-7-10;1-2-3-4-13-5-7-14(8-6-13)15-9-11-16-12-10-15;7-1-2(8)3(9)4(10)5(11)6(12)16-17(13,14)15/h3-7,11-13,17-20H,8-9H2,1-2H3,(H2,22,23,24);5-8H,2-4,9-12H2,1H3;2-5,7-11H,1H2,(H2,13,14,15)/t11-,12-,13+,15-;;2-,3-,4+,5-/m1.1/s1. The van der Waals surface area contributed by atoms with E-state index in [0.29, 0.717) is 5.56 Å². The van der Waals surface area contributed by atoms with E-state index < -0.39 is 89.3 Å². The second kappa shape index (κ2) is 26.5. The summed E-state index contributed by atoms with van der Waals surface area (Å²) in [5.74, 6) is -3.57. The lowest BCUT2D eigenvalue weighted by molar-refractivity contribution is -0.244. The molecule has 0 amide bonds. The lowest BCUT2D eigenvalue weighted by Crippen LogP contribution is -2.66. The molecule has 1 fully saturated rings. The van der Waals surface area contributed by atoms with Gasteiger partial charge in [-0.3, -0.25) is 24.5 Å². The van der Waals surface area contributed by atoms with Crippen LogP contribution in [-0.2, 0) is 50.3 Å². The number of anilines is 1. The first-order valence-electron chi connectivity index (χ1n) is 18.3. The number of ether oxygens (including phenoxy) is 2. The van der Waals surface area contributed by atoms with Crippen LogP contribution < -0.4 is 4.90 Å². The van der Waals surface area contributed by atoms with Crippen molar-refractivity contribution in [2.75, 3.05) is 58.5 Å². The van der Waals surface area contributed by atoms with Gasteiger partial charge in [0.05, 0.1) is 33.0 Å². The quantitative estimate of drug-likeness (QED) is 0.0468. The highest BCUT2D eigenvalue weighted by atomic mass is 31.2. The van der Waals surface area contributed by atoms with Gasteiger partial charge in [0.1, 0.15) is 36.6 Å². The van der Waals surface area contributed by atoms with Gasteiger partial charge in [-0.2, -0.15) is 0 Å². The molecule has 0 aromatic heterocycles. The smallest absolute Gasteiger partial charge is 0.394 e. The van der Waals surface area contributed by atoms with Crippen molar-refractivity contribution in [2.24, 2.45) is 0 Å². The molecule has 344 valence electrons. The molecular weight excluding hydrogens is 846 g/mol. The number of aliphatic hydroxyl groups is 9. The second-order valence-corrected chi connectivity index (χ2v) is 15.7. The van der Waals surface area contributed by atoms with E-state index >= 15 is 0 Å². The van der Waals surface area contributed by atoms with Crippen molar-refractivity contribution in [3.63, 3.8) is 0 Å². The van der Waals surface area contributed by atoms with Crippen molar-refractivity contribution >= 4 is 33.3 Å². The number of carbonyl (C=O) groups is 2. The lowest BCUT2D eigenvalue weighted by atomic mass is 9.96. The Labute approximate surface area is 346 Å². The Balaban J connectivity index is 0.000000473. The summed E-state index contributed by atoms with van der Waals surface area (Å²) in [6.45, 7) is 3.78. The van der Waals surface area contributed by atoms with E-state index in [1.807, 2.05) is 0 Å². The van der Waals surface area contributed by atoms with Crippen LogP contribution in [0.2, 0.25) is 0 Å². The van der Waals surface area contributed by atoms with Crippen LogP contribution >= 0.6 is 15.6 Å². The average molecular weight is 905 g/mol. The molecule has 25 heteroatoms. The number of benzene rings is 2. The van der Waals surface area contributed by atoms with Crippen molar-refractivity contribution in [2.45, 2.75) is 81.2 Å². The molecule has 1 aliphatic rings. The zero-order valence-corrected chi connectivity index (χ0v) is 35.0. The molecule has 2 aromatic rings. The number of likely N-dealkylation sites (N-methyl/N-ethyl adjacent to an activating group) is 1. The van der Waals surface area contributed by atoms with Crippen molar-refractivity contribution in [3.8, 4) is 0 Å². The molecule has 8 atom stereocenters. The van der Waals surface area contributed by atoms with E-state index in [1.54, 1.807) is 30.3 Å². The van der Waals surface area contributed by atoms with Crippen LogP contribution in [0.1, 0.15) is 30.9 Å². The molecule has 0 radical (unpaired) electrons. The minimum absolute atomic E-state index is 0.311. The number of carbonyl (C=O) groups excluding carboxylic acids is 2. The van der Waals surface area contributed by atoms with E-state index in [4.69, 9.17) is 59.7 Å². The molecule has 2 aromatic carbocycles. The van der Waals surface area contributed by atoms with Gasteiger partial charge in [0.15, 0.2) is 6.10 Å². The summed E-state index contributed by atoms with van der Waals surface area (Å²) in [6, 6.07) is 17.3. The van der Waals surface area contributed by atoms with Gasteiger partial charge in [0.2, 0.25) is 5.72 Å². The van der Waals surface area contributed by atoms with E-state index in [9.17, 15) is 34.0 Å². The van der Waals surface area contributed by atoms with Gasteiger partial charge in [0, 0.05) is 18.8 Å². The Bertz CT molecular complexity index is 1630. The number of phosphoric acid groups is 2. The number of unbranched alkanes of at least 4 members (excludes halogenated alkanes) is 1. The summed E-state index contributed by atoms with van der Waals surface area (Å²) < 4.78 is 39.7. The Morgan fingerprint density at radius 2 is 1.28 bits per heavy atom. The fourth-order valence-corrected chi connectivity index (χ4v) is 5.93. The van der Waals surface area contributed by atoms with Crippen LogP contribution in [0.15, 0.2) is 54.6 Å².